The Morgan fingerprint density at radius 1 is 0.859 bits per heavy atom. The number of rotatable bonds is 35. The fourth-order valence-corrected chi connectivity index (χ4v) is 11.5. The molecule has 22 nitrogen and oxygen atoms in total. The van der Waals surface area contributed by atoms with Crippen molar-refractivity contribution in [1.29, 1.82) is 0 Å². The number of methoxy groups -OCH3 is 2. The highest BCUT2D eigenvalue weighted by atomic mass is 16.5. The molecule has 2 bridgehead atoms. The second-order valence-corrected chi connectivity index (χ2v) is 21.1. The van der Waals surface area contributed by atoms with Crippen LogP contribution in [0.3, 0.4) is 0 Å². The maximum atomic E-state index is 14.6. The summed E-state index contributed by atoms with van der Waals surface area (Å²) < 4.78 is 30.7. The first-order chi connectivity index (χ1) is 37.7. The molecule has 2 aromatic rings. The largest absolute Gasteiger partial charge is 0.379 e. The summed E-state index contributed by atoms with van der Waals surface area (Å²) in [6.45, 7) is 11.3. The zero-order valence-electron chi connectivity index (χ0n) is 47.0. The lowest BCUT2D eigenvalue weighted by Crippen LogP contribution is -2.57. The first-order valence-electron chi connectivity index (χ1n) is 28.1. The molecule has 0 spiro atoms. The van der Waals surface area contributed by atoms with E-state index in [4.69, 9.17) is 23.7 Å². The number of imide groups is 1. The van der Waals surface area contributed by atoms with E-state index in [0.29, 0.717) is 76.6 Å². The second kappa shape index (κ2) is 31.2. The Kier molecular flexibility index (Phi) is 24.6. The summed E-state index contributed by atoms with van der Waals surface area (Å²) in [4.78, 5) is 101. The molecule has 78 heavy (non-hydrogen) atoms. The van der Waals surface area contributed by atoms with Crippen LogP contribution < -0.4 is 16.0 Å². The van der Waals surface area contributed by atoms with E-state index in [1.165, 1.54) is 19.3 Å². The van der Waals surface area contributed by atoms with Crippen molar-refractivity contribution >= 4 is 41.4 Å². The Bertz CT molecular complexity index is 2280. The molecule has 10 unspecified atom stereocenters. The van der Waals surface area contributed by atoms with Crippen LogP contribution in [-0.4, -0.2) is 205 Å². The highest BCUT2D eigenvalue weighted by Crippen LogP contribution is 2.41. The third-order valence-electron chi connectivity index (χ3n) is 16.0. The van der Waals surface area contributed by atoms with Gasteiger partial charge >= 0.3 is 0 Å². The number of aromatic nitrogens is 3. The minimum absolute atomic E-state index is 0.00754. The van der Waals surface area contributed by atoms with Gasteiger partial charge in [-0.15, -0.1) is 5.10 Å². The van der Waals surface area contributed by atoms with Crippen LogP contribution in [0.15, 0.2) is 48.7 Å². The Morgan fingerprint density at radius 3 is 2.22 bits per heavy atom. The summed E-state index contributed by atoms with van der Waals surface area (Å²) in [5, 5.41) is 16.9. The number of fused-ring (bicyclic) bond motifs is 2. The minimum atomic E-state index is -0.911. The summed E-state index contributed by atoms with van der Waals surface area (Å²) in [5.74, 6) is -2.44. The van der Waals surface area contributed by atoms with Crippen LogP contribution in [0, 0.1) is 17.8 Å². The number of ether oxygens (including phenoxy) is 5. The summed E-state index contributed by atoms with van der Waals surface area (Å²) in [6.07, 6.45) is 9.85. The topological polar surface area (TPSA) is 245 Å². The average molecular weight is 1090 g/mol. The number of carbonyl (C=O) groups is 7. The molecule has 7 amide bonds. The molecule has 1 saturated carbocycles. The van der Waals surface area contributed by atoms with Crippen molar-refractivity contribution in [1.82, 2.24) is 50.5 Å². The summed E-state index contributed by atoms with van der Waals surface area (Å²) >= 11 is 0. The van der Waals surface area contributed by atoms with Gasteiger partial charge in [0.05, 0.1) is 108 Å². The zero-order chi connectivity index (χ0) is 56.1. The van der Waals surface area contributed by atoms with E-state index in [0.717, 1.165) is 49.0 Å². The third kappa shape index (κ3) is 16.9. The number of unbranched alkanes of at least 4 members (excludes halogenated alkanes) is 1. The molecular weight excluding hydrogens is 1000 g/mol. The van der Waals surface area contributed by atoms with Crippen LogP contribution in [-0.2, 0) is 76.8 Å². The van der Waals surface area contributed by atoms with E-state index in [1.807, 2.05) is 42.3 Å². The number of likely N-dealkylation sites (tertiary alicyclic amines) is 2. The molecule has 3 aliphatic heterocycles. The predicted molar refractivity (Wildman–Crippen MR) is 288 cm³/mol. The second-order valence-electron chi connectivity index (χ2n) is 21.1. The quantitative estimate of drug-likeness (QED) is 0.0663. The predicted octanol–water partition coefficient (Wildman–Crippen LogP) is 2.29. The molecule has 22 heteroatoms. The SMILES string of the molecule is CCCCN(C(=O)CNC(=O)C1C2CCC(C2)N1C)C(C(C)CC)C(CC(=O)N1CCCC1C(OC)C(C)C(=O)NC(Cc1ccccc1)C(=O)NCCOCCOCCOCCn1cc(CN2C(=O)C=CC2=O)nn1)OC. The Morgan fingerprint density at radius 2 is 1.56 bits per heavy atom. The number of nitrogens with one attached hydrogen (secondary N) is 3. The van der Waals surface area contributed by atoms with Crippen LogP contribution in [0.5, 0.6) is 0 Å². The zero-order valence-corrected chi connectivity index (χ0v) is 47.0. The van der Waals surface area contributed by atoms with Gasteiger partial charge in [-0.2, -0.15) is 0 Å². The Hall–Kier alpha value is -5.65. The molecule has 4 aliphatic rings. The molecule has 6 rings (SSSR count). The number of carbonyl (C=O) groups excluding carboxylic acids is 7. The summed E-state index contributed by atoms with van der Waals surface area (Å²) in [7, 11) is 5.12. The molecule has 3 fully saturated rings. The van der Waals surface area contributed by atoms with Gasteiger partial charge in [-0.25, -0.2) is 4.68 Å². The maximum absolute atomic E-state index is 14.6. The van der Waals surface area contributed by atoms with Gasteiger partial charge in [0.1, 0.15) is 11.7 Å². The van der Waals surface area contributed by atoms with Crippen molar-refractivity contribution in [2.45, 2.75) is 147 Å². The number of piperidine rings is 1. The normalized spacial score (nSPS) is 21.4. The fraction of sp³-hybridized carbons (Fsp3) is 0.696. The highest BCUT2D eigenvalue weighted by Gasteiger charge is 2.48. The van der Waals surface area contributed by atoms with E-state index >= 15 is 0 Å². The molecular formula is C56H86N10O12. The molecule has 1 aliphatic carbocycles. The number of amides is 7. The lowest BCUT2D eigenvalue weighted by Gasteiger charge is -2.41. The van der Waals surface area contributed by atoms with Crippen LogP contribution in [0.1, 0.15) is 96.7 Å². The van der Waals surface area contributed by atoms with Gasteiger partial charge in [0.25, 0.3) is 11.8 Å². The molecule has 4 heterocycles. The summed E-state index contributed by atoms with van der Waals surface area (Å²) in [5.41, 5.74) is 1.36. The molecule has 1 aromatic carbocycles. The van der Waals surface area contributed by atoms with Gasteiger partial charge in [-0.05, 0) is 63.0 Å². The smallest absolute Gasteiger partial charge is 0.253 e. The number of benzene rings is 1. The van der Waals surface area contributed by atoms with Gasteiger partial charge in [0.15, 0.2) is 0 Å². The van der Waals surface area contributed by atoms with E-state index in [-0.39, 0.29) is 99.0 Å². The van der Waals surface area contributed by atoms with Crippen molar-refractivity contribution in [2.75, 3.05) is 87.1 Å². The average Bonchev–Trinajstić information content (AvgIpc) is 4.34. The van der Waals surface area contributed by atoms with Crippen molar-refractivity contribution in [2.24, 2.45) is 17.8 Å². The molecule has 432 valence electrons. The fourth-order valence-electron chi connectivity index (χ4n) is 11.5. The third-order valence-corrected chi connectivity index (χ3v) is 16.0. The van der Waals surface area contributed by atoms with Crippen molar-refractivity contribution in [3.8, 4) is 0 Å². The van der Waals surface area contributed by atoms with E-state index in [9.17, 15) is 33.6 Å². The van der Waals surface area contributed by atoms with Gasteiger partial charge in [-0.1, -0.05) is 76.1 Å². The number of hydrogen-bond donors (Lipinski definition) is 3. The first-order valence-corrected chi connectivity index (χ1v) is 28.1. The standard InChI is InChI=1S/C56H86N10O12/c1-8-10-23-65(50(70)35-58-56(73)52-41-18-19-43(33-41)62(52)5)51(38(3)9-2)46(74-6)34-49(69)64-24-14-17-45(64)53(75-7)39(4)54(71)59-44(32-40-15-12-11-13-16-40)55(72)57-22-26-76-28-30-78-31-29-77-27-25-63-36-42(60-61-63)37-66-47(67)20-21-48(66)68/h11-13,15-16,20-21,36,38-39,41,43-46,51-53H,8-10,14,17-19,22-35,37H2,1-7H3,(H,57,72)(H,58,73)(H,59,71). The van der Waals surface area contributed by atoms with E-state index in [2.05, 4.69) is 51.9 Å². The van der Waals surface area contributed by atoms with Crippen LogP contribution in [0.25, 0.3) is 0 Å². The Balaban J connectivity index is 0.955. The van der Waals surface area contributed by atoms with Gasteiger partial charge in [0, 0.05) is 58.5 Å². The van der Waals surface area contributed by atoms with Crippen molar-refractivity contribution < 1.29 is 57.2 Å². The Labute approximate surface area is 459 Å². The summed E-state index contributed by atoms with van der Waals surface area (Å²) in [6, 6.07) is 7.85. The molecule has 1 aromatic heterocycles. The molecule has 0 radical (unpaired) electrons. The van der Waals surface area contributed by atoms with Gasteiger partial charge < -0.3 is 49.4 Å². The number of nitrogens with zero attached hydrogens (tertiary/aromatic N) is 7. The number of likely N-dealkylation sites (N-methyl/N-ethyl adjacent to an activating group) is 1. The molecule has 2 saturated heterocycles. The van der Waals surface area contributed by atoms with Crippen molar-refractivity contribution in [3.05, 3.63) is 59.9 Å². The van der Waals surface area contributed by atoms with Crippen LogP contribution in [0.2, 0.25) is 0 Å². The lowest BCUT2D eigenvalue weighted by molar-refractivity contribution is -0.147. The van der Waals surface area contributed by atoms with Crippen molar-refractivity contribution in [3.63, 3.8) is 0 Å². The van der Waals surface area contributed by atoms with Crippen LogP contribution in [0.4, 0.5) is 0 Å². The highest BCUT2D eigenvalue weighted by molar-refractivity contribution is 6.12. The lowest BCUT2D eigenvalue weighted by atomic mass is 9.89. The molecule has 3 N–H and O–H groups in total. The van der Waals surface area contributed by atoms with Gasteiger partial charge in [-0.3, -0.25) is 43.4 Å². The monoisotopic (exact) mass is 1090 g/mol. The first kappa shape index (κ1) is 61.6. The maximum Gasteiger partial charge on any atom is 0.253 e. The van der Waals surface area contributed by atoms with Crippen LogP contribution >= 0.6 is 0 Å². The molecule has 10 atom stereocenters. The van der Waals surface area contributed by atoms with Gasteiger partial charge in [0.2, 0.25) is 29.5 Å². The van der Waals surface area contributed by atoms with E-state index in [1.54, 1.807) is 29.8 Å². The van der Waals surface area contributed by atoms with E-state index < -0.39 is 36.3 Å². The minimum Gasteiger partial charge on any atom is -0.379 e. The number of hydrogen-bond acceptors (Lipinski definition) is 15.